The van der Waals surface area contributed by atoms with Gasteiger partial charge in [-0.1, -0.05) is 6.92 Å². The number of aliphatic imine (C=N–C) groups is 1. The summed E-state index contributed by atoms with van der Waals surface area (Å²) in [7, 11) is 1.97. The van der Waals surface area contributed by atoms with Crippen LogP contribution in [0.4, 0.5) is 5.69 Å². The lowest BCUT2D eigenvalue weighted by atomic mass is 10.2. The zero-order valence-electron chi connectivity index (χ0n) is 10.4. The number of nitrogens with zero attached hydrogens (tertiary/aromatic N) is 3. The van der Waals surface area contributed by atoms with Crippen molar-refractivity contribution in [3.63, 3.8) is 0 Å². The fraction of sp³-hybridized carbons (Fsp3) is 0.500. The van der Waals surface area contributed by atoms with Gasteiger partial charge in [-0.3, -0.25) is 0 Å². The van der Waals surface area contributed by atoms with Gasteiger partial charge in [0, 0.05) is 19.2 Å². The zero-order valence-corrected chi connectivity index (χ0v) is 10.4. The van der Waals surface area contributed by atoms with Crippen molar-refractivity contribution >= 4 is 12.0 Å². The summed E-state index contributed by atoms with van der Waals surface area (Å²) in [5.74, 6) is 0.114. The minimum atomic E-state index is 0.114. The lowest BCUT2D eigenvalue weighted by Crippen LogP contribution is -2.14. The second-order valence-electron chi connectivity index (χ2n) is 3.75. The van der Waals surface area contributed by atoms with Crippen molar-refractivity contribution in [1.82, 2.24) is 9.88 Å². The van der Waals surface area contributed by atoms with Crippen molar-refractivity contribution in [2.24, 2.45) is 4.99 Å². The second kappa shape index (κ2) is 5.49. The molecule has 16 heavy (non-hydrogen) atoms. The van der Waals surface area contributed by atoms with E-state index >= 15 is 0 Å². The molecule has 0 saturated carbocycles. The quantitative estimate of drug-likeness (QED) is 0.626. The van der Waals surface area contributed by atoms with E-state index in [9.17, 15) is 5.11 Å². The Bertz CT molecular complexity index is 388. The van der Waals surface area contributed by atoms with E-state index in [-0.39, 0.29) is 5.88 Å². The molecule has 0 aromatic carbocycles. The molecule has 0 bridgehead atoms. The molecule has 4 nitrogen and oxygen atoms in total. The Morgan fingerprint density at radius 1 is 1.50 bits per heavy atom. The van der Waals surface area contributed by atoms with Crippen LogP contribution in [0.3, 0.4) is 0 Å². The van der Waals surface area contributed by atoms with Gasteiger partial charge in [0.1, 0.15) is 0 Å². The summed E-state index contributed by atoms with van der Waals surface area (Å²) in [5.41, 5.74) is 2.39. The summed E-state index contributed by atoms with van der Waals surface area (Å²) in [6.45, 7) is 6.80. The maximum atomic E-state index is 9.57. The first-order valence-corrected chi connectivity index (χ1v) is 5.52. The number of hydrogen-bond donors (Lipinski definition) is 1. The molecule has 88 valence electrons. The van der Waals surface area contributed by atoms with E-state index in [0.717, 1.165) is 29.9 Å². The van der Waals surface area contributed by atoms with E-state index < -0.39 is 0 Å². The van der Waals surface area contributed by atoms with Gasteiger partial charge < -0.3 is 10.0 Å². The third-order valence-corrected chi connectivity index (χ3v) is 2.52. The van der Waals surface area contributed by atoms with Gasteiger partial charge >= 0.3 is 0 Å². The van der Waals surface area contributed by atoms with Crippen LogP contribution in [0, 0.1) is 6.92 Å². The molecule has 0 spiro atoms. The van der Waals surface area contributed by atoms with Gasteiger partial charge in [0.05, 0.1) is 17.7 Å². The van der Waals surface area contributed by atoms with Crippen LogP contribution in [0.5, 0.6) is 5.88 Å². The largest absolute Gasteiger partial charge is 0.493 e. The van der Waals surface area contributed by atoms with Gasteiger partial charge in [-0.2, -0.15) is 0 Å². The first kappa shape index (κ1) is 12.5. The van der Waals surface area contributed by atoms with Crippen LogP contribution in [0.25, 0.3) is 0 Å². The van der Waals surface area contributed by atoms with Gasteiger partial charge in [0.25, 0.3) is 0 Å². The molecule has 0 saturated heterocycles. The smallest absolute Gasteiger partial charge is 0.214 e. The van der Waals surface area contributed by atoms with E-state index in [1.54, 1.807) is 6.34 Å². The Morgan fingerprint density at radius 2 is 2.19 bits per heavy atom. The number of hydrogen-bond acceptors (Lipinski definition) is 3. The SMILES string of the molecule is CCc1cc(/N=C/N(C)CC)c(C)nc1O. The van der Waals surface area contributed by atoms with Crippen LogP contribution in [0.15, 0.2) is 11.1 Å². The molecule has 1 heterocycles. The molecule has 0 aliphatic carbocycles. The monoisotopic (exact) mass is 221 g/mol. The minimum Gasteiger partial charge on any atom is -0.493 e. The Labute approximate surface area is 96.7 Å². The van der Waals surface area contributed by atoms with E-state index in [4.69, 9.17) is 0 Å². The fourth-order valence-corrected chi connectivity index (χ4v) is 1.26. The molecule has 1 rings (SSSR count). The van der Waals surface area contributed by atoms with Crippen molar-refractivity contribution in [2.45, 2.75) is 27.2 Å². The van der Waals surface area contributed by atoms with E-state index in [2.05, 4.69) is 16.9 Å². The molecule has 0 aliphatic heterocycles. The lowest BCUT2D eigenvalue weighted by molar-refractivity contribution is 0.445. The van der Waals surface area contributed by atoms with Gasteiger partial charge in [0.15, 0.2) is 0 Å². The molecule has 1 aromatic rings. The minimum absolute atomic E-state index is 0.114. The van der Waals surface area contributed by atoms with Crippen LogP contribution >= 0.6 is 0 Å². The zero-order chi connectivity index (χ0) is 12.1. The maximum absolute atomic E-state index is 9.57. The van der Waals surface area contributed by atoms with E-state index in [1.807, 2.05) is 31.9 Å². The molecule has 0 unspecified atom stereocenters. The molecule has 0 radical (unpaired) electrons. The Morgan fingerprint density at radius 3 is 2.75 bits per heavy atom. The van der Waals surface area contributed by atoms with Crippen LogP contribution in [0.1, 0.15) is 25.1 Å². The van der Waals surface area contributed by atoms with Crippen molar-refractivity contribution in [2.75, 3.05) is 13.6 Å². The van der Waals surface area contributed by atoms with E-state index in [0.29, 0.717) is 0 Å². The molecule has 0 fully saturated rings. The number of rotatable bonds is 4. The highest BCUT2D eigenvalue weighted by molar-refractivity contribution is 5.62. The lowest BCUT2D eigenvalue weighted by Gasteiger charge is -2.09. The number of aromatic nitrogens is 1. The van der Waals surface area contributed by atoms with Crippen molar-refractivity contribution in [3.05, 3.63) is 17.3 Å². The molecule has 1 aromatic heterocycles. The van der Waals surface area contributed by atoms with E-state index in [1.165, 1.54) is 0 Å². The normalized spacial score (nSPS) is 11.0. The molecule has 0 amide bonds. The highest BCUT2D eigenvalue weighted by atomic mass is 16.3. The standard InChI is InChI=1S/C12H19N3O/c1-5-10-7-11(9(3)14-12(10)16)13-8-15(4)6-2/h7-8H,5-6H2,1-4H3,(H,14,16)/b13-8+. The highest BCUT2D eigenvalue weighted by Crippen LogP contribution is 2.24. The summed E-state index contributed by atoms with van der Waals surface area (Å²) < 4.78 is 0. The molecular formula is C12H19N3O. The van der Waals surface area contributed by atoms with Crippen LogP contribution in [-0.4, -0.2) is 34.9 Å². The van der Waals surface area contributed by atoms with Crippen LogP contribution in [0.2, 0.25) is 0 Å². The van der Waals surface area contributed by atoms with Crippen LogP contribution in [-0.2, 0) is 6.42 Å². The topological polar surface area (TPSA) is 48.7 Å². The van der Waals surface area contributed by atoms with Crippen molar-refractivity contribution < 1.29 is 5.11 Å². The molecule has 4 heteroatoms. The summed E-state index contributed by atoms with van der Waals surface area (Å²) >= 11 is 0. The third-order valence-electron chi connectivity index (χ3n) is 2.52. The first-order chi connectivity index (χ1) is 7.58. The first-order valence-electron chi connectivity index (χ1n) is 5.52. The highest BCUT2D eigenvalue weighted by Gasteiger charge is 2.05. The molecule has 0 aliphatic rings. The Balaban J connectivity index is 3.00. The van der Waals surface area contributed by atoms with Gasteiger partial charge in [-0.05, 0) is 26.3 Å². The molecular weight excluding hydrogens is 202 g/mol. The van der Waals surface area contributed by atoms with Crippen molar-refractivity contribution in [1.29, 1.82) is 0 Å². The van der Waals surface area contributed by atoms with Crippen molar-refractivity contribution in [3.8, 4) is 5.88 Å². The Hall–Kier alpha value is -1.58. The number of aryl methyl sites for hydroxylation is 2. The average molecular weight is 221 g/mol. The average Bonchev–Trinajstić information content (AvgIpc) is 2.27. The van der Waals surface area contributed by atoms with Gasteiger partial charge in [-0.25, -0.2) is 9.98 Å². The second-order valence-corrected chi connectivity index (χ2v) is 3.75. The van der Waals surface area contributed by atoms with Crippen LogP contribution < -0.4 is 0 Å². The predicted molar refractivity (Wildman–Crippen MR) is 66.5 cm³/mol. The summed E-state index contributed by atoms with van der Waals surface area (Å²) in [5, 5.41) is 9.57. The third kappa shape index (κ3) is 2.95. The van der Waals surface area contributed by atoms with Gasteiger partial charge in [0.2, 0.25) is 5.88 Å². The molecule has 1 N–H and O–H groups in total. The summed E-state index contributed by atoms with van der Waals surface area (Å²) in [4.78, 5) is 10.4. The Kier molecular flexibility index (Phi) is 4.28. The predicted octanol–water partition coefficient (Wildman–Crippen LogP) is 2.27. The summed E-state index contributed by atoms with van der Waals surface area (Å²) in [6, 6.07) is 1.89. The number of aromatic hydroxyl groups is 1. The van der Waals surface area contributed by atoms with Gasteiger partial charge in [-0.15, -0.1) is 0 Å². The number of pyridine rings is 1. The maximum Gasteiger partial charge on any atom is 0.214 e. The molecule has 0 atom stereocenters. The fourth-order valence-electron chi connectivity index (χ4n) is 1.26. The summed E-state index contributed by atoms with van der Waals surface area (Å²) in [6.07, 6.45) is 2.53.